The molecule has 0 bridgehead atoms. The normalized spacial score (nSPS) is 23.4. The molecule has 0 radical (unpaired) electrons. The molecule has 3 heterocycles. The fourth-order valence-corrected chi connectivity index (χ4v) is 3.86. The van der Waals surface area contributed by atoms with Crippen molar-refractivity contribution >= 4 is 17.8 Å². The molecule has 0 spiro atoms. The van der Waals surface area contributed by atoms with Crippen LogP contribution in [0.1, 0.15) is 62.0 Å². The third-order valence-corrected chi connectivity index (χ3v) is 5.63. The van der Waals surface area contributed by atoms with E-state index >= 15 is 0 Å². The Morgan fingerprint density at radius 3 is 2.74 bits per heavy atom. The van der Waals surface area contributed by atoms with Crippen molar-refractivity contribution in [1.29, 1.82) is 0 Å². The number of likely N-dealkylation sites (N-methyl/N-ethyl adjacent to an activating group) is 1. The molecular formula is C18H26N6O3. The Bertz CT molecular complexity index is 743. The minimum absolute atomic E-state index is 0.0742. The molecule has 1 aromatic heterocycles. The minimum Gasteiger partial charge on any atom is -0.342 e. The number of hydrogen-bond donors (Lipinski definition) is 1. The van der Waals surface area contributed by atoms with Gasteiger partial charge in [0, 0.05) is 44.9 Å². The highest BCUT2D eigenvalue weighted by Crippen LogP contribution is 2.38. The first-order chi connectivity index (χ1) is 13.0. The number of imide groups is 1. The van der Waals surface area contributed by atoms with E-state index in [9.17, 15) is 14.4 Å². The molecule has 3 fully saturated rings. The standard InChI is InChI=1S/C18H26N6O3/c1-22-11-15(26)24(18(22)27)9-3-5-14(25)23-8-2-4-13(10-23)17-19-16(20-21-17)12-6-7-12/h12-13H,2-11H2,1H3,(H,19,20,21). The molecule has 3 aliphatic rings. The van der Waals surface area contributed by atoms with E-state index in [0.717, 1.165) is 31.0 Å². The molecule has 27 heavy (non-hydrogen) atoms. The van der Waals surface area contributed by atoms with E-state index in [-0.39, 0.29) is 30.3 Å². The van der Waals surface area contributed by atoms with E-state index in [0.29, 0.717) is 31.8 Å². The third kappa shape index (κ3) is 3.81. The second kappa shape index (κ2) is 7.28. The summed E-state index contributed by atoms with van der Waals surface area (Å²) in [6.45, 7) is 1.82. The summed E-state index contributed by atoms with van der Waals surface area (Å²) >= 11 is 0. The van der Waals surface area contributed by atoms with E-state index in [1.165, 1.54) is 22.6 Å². The maximum Gasteiger partial charge on any atom is 0.326 e. The average molecular weight is 374 g/mol. The van der Waals surface area contributed by atoms with Gasteiger partial charge in [-0.25, -0.2) is 9.78 Å². The number of nitrogens with one attached hydrogen (secondary N) is 1. The number of aromatic amines is 1. The van der Waals surface area contributed by atoms with Gasteiger partial charge in [-0.05, 0) is 32.1 Å². The second-order valence-corrected chi connectivity index (χ2v) is 7.82. The smallest absolute Gasteiger partial charge is 0.326 e. The lowest BCUT2D eigenvalue weighted by atomic mass is 9.97. The molecule has 1 atom stereocenters. The van der Waals surface area contributed by atoms with Crippen molar-refractivity contribution in [1.82, 2.24) is 29.9 Å². The van der Waals surface area contributed by atoms with Crippen LogP contribution in [0.5, 0.6) is 0 Å². The summed E-state index contributed by atoms with van der Waals surface area (Å²) < 4.78 is 0. The molecule has 9 heteroatoms. The molecule has 1 saturated carbocycles. The first-order valence-electron chi connectivity index (χ1n) is 9.78. The number of aromatic nitrogens is 3. The van der Waals surface area contributed by atoms with Crippen molar-refractivity contribution in [2.24, 2.45) is 0 Å². The zero-order chi connectivity index (χ0) is 19.0. The number of piperidine rings is 1. The predicted octanol–water partition coefficient (Wildman–Crippen LogP) is 1.06. The number of H-pyrrole nitrogens is 1. The van der Waals surface area contributed by atoms with Crippen LogP contribution in [-0.4, -0.2) is 81.0 Å². The summed E-state index contributed by atoms with van der Waals surface area (Å²) in [5.74, 6) is 2.42. The van der Waals surface area contributed by atoms with E-state index < -0.39 is 0 Å². The highest BCUT2D eigenvalue weighted by atomic mass is 16.2. The lowest BCUT2D eigenvalue weighted by Gasteiger charge is -2.31. The van der Waals surface area contributed by atoms with E-state index in [1.807, 2.05) is 4.90 Å². The zero-order valence-electron chi connectivity index (χ0n) is 15.7. The Kier molecular flexibility index (Phi) is 4.84. The molecule has 1 aromatic rings. The first kappa shape index (κ1) is 17.9. The number of likely N-dealkylation sites (tertiary alicyclic amines) is 1. The summed E-state index contributed by atoms with van der Waals surface area (Å²) in [4.78, 5) is 45.4. The van der Waals surface area contributed by atoms with Crippen molar-refractivity contribution in [3.63, 3.8) is 0 Å². The lowest BCUT2D eigenvalue weighted by Crippen LogP contribution is -2.40. The van der Waals surface area contributed by atoms with Crippen molar-refractivity contribution < 1.29 is 14.4 Å². The quantitative estimate of drug-likeness (QED) is 0.750. The maximum absolute atomic E-state index is 12.6. The number of carbonyl (C=O) groups is 3. The molecule has 1 N–H and O–H groups in total. The summed E-state index contributed by atoms with van der Waals surface area (Å²) in [5, 5.41) is 7.42. The van der Waals surface area contributed by atoms with Crippen LogP contribution in [0.4, 0.5) is 4.79 Å². The Hall–Kier alpha value is -2.45. The number of urea groups is 1. The maximum atomic E-state index is 12.6. The van der Waals surface area contributed by atoms with Gasteiger partial charge in [0.2, 0.25) is 11.8 Å². The predicted molar refractivity (Wildman–Crippen MR) is 95.9 cm³/mol. The highest BCUT2D eigenvalue weighted by Gasteiger charge is 2.34. The van der Waals surface area contributed by atoms with Gasteiger partial charge < -0.3 is 9.80 Å². The van der Waals surface area contributed by atoms with Crippen LogP contribution in [0, 0.1) is 0 Å². The summed E-state index contributed by atoms with van der Waals surface area (Å²) in [6, 6.07) is -0.276. The van der Waals surface area contributed by atoms with Gasteiger partial charge in [0.25, 0.3) is 0 Å². The lowest BCUT2D eigenvalue weighted by molar-refractivity contribution is -0.133. The number of rotatable bonds is 6. The van der Waals surface area contributed by atoms with Gasteiger partial charge in [-0.2, -0.15) is 5.10 Å². The molecule has 0 aromatic carbocycles. The molecule has 1 unspecified atom stereocenters. The van der Waals surface area contributed by atoms with Gasteiger partial charge in [-0.1, -0.05) is 0 Å². The van der Waals surface area contributed by atoms with Crippen molar-refractivity contribution in [2.45, 2.75) is 50.4 Å². The van der Waals surface area contributed by atoms with E-state index in [1.54, 1.807) is 7.05 Å². The first-order valence-corrected chi connectivity index (χ1v) is 9.78. The van der Waals surface area contributed by atoms with Crippen LogP contribution >= 0.6 is 0 Å². The van der Waals surface area contributed by atoms with Gasteiger partial charge >= 0.3 is 6.03 Å². The van der Waals surface area contributed by atoms with Gasteiger partial charge in [-0.15, -0.1) is 0 Å². The third-order valence-electron chi connectivity index (χ3n) is 5.63. The number of carbonyl (C=O) groups excluding carboxylic acids is 3. The van der Waals surface area contributed by atoms with Crippen LogP contribution in [0.25, 0.3) is 0 Å². The van der Waals surface area contributed by atoms with Crippen molar-refractivity contribution in [3.8, 4) is 0 Å². The van der Waals surface area contributed by atoms with Crippen molar-refractivity contribution in [2.75, 3.05) is 33.2 Å². The van der Waals surface area contributed by atoms with E-state index in [4.69, 9.17) is 0 Å². The van der Waals surface area contributed by atoms with Crippen LogP contribution in [0.2, 0.25) is 0 Å². The molecular weight excluding hydrogens is 348 g/mol. The molecule has 2 aliphatic heterocycles. The van der Waals surface area contributed by atoms with Crippen LogP contribution < -0.4 is 0 Å². The summed E-state index contributed by atoms with van der Waals surface area (Å²) in [7, 11) is 1.61. The molecule has 1 aliphatic carbocycles. The molecule has 2 saturated heterocycles. The van der Waals surface area contributed by atoms with Gasteiger partial charge in [0.05, 0.1) is 0 Å². The monoisotopic (exact) mass is 374 g/mol. The fraction of sp³-hybridized carbons (Fsp3) is 0.722. The Labute approximate surface area is 158 Å². The van der Waals surface area contributed by atoms with E-state index in [2.05, 4.69) is 15.2 Å². The van der Waals surface area contributed by atoms with Crippen LogP contribution in [0.3, 0.4) is 0 Å². The molecule has 4 amide bonds. The number of amides is 4. The van der Waals surface area contributed by atoms with Crippen LogP contribution in [-0.2, 0) is 9.59 Å². The number of hydrogen-bond acceptors (Lipinski definition) is 5. The Balaban J connectivity index is 1.27. The largest absolute Gasteiger partial charge is 0.342 e. The zero-order valence-corrected chi connectivity index (χ0v) is 15.7. The highest BCUT2D eigenvalue weighted by molar-refractivity contribution is 6.01. The SMILES string of the molecule is CN1CC(=O)N(CCCC(=O)N2CCCC(c3n[nH]c(C4CC4)n3)C2)C1=O. The van der Waals surface area contributed by atoms with Crippen LogP contribution in [0.15, 0.2) is 0 Å². The molecule has 146 valence electrons. The van der Waals surface area contributed by atoms with Gasteiger partial charge in [0.15, 0.2) is 5.82 Å². The topological polar surface area (TPSA) is 102 Å². The second-order valence-electron chi connectivity index (χ2n) is 7.82. The van der Waals surface area contributed by atoms with Gasteiger partial charge in [0.1, 0.15) is 12.4 Å². The number of nitrogens with zero attached hydrogens (tertiary/aromatic N) is 5. The van der Waals surface area contributed by atoms with Crippen molar-refractivity contribution in [3.05, 3.63) is 11.6 Å². The Morgan fingerprint density at radius 2 is 2.04 bits per heavy atom. The Morgan fingerprint density at radius 1 is 1.22 bits per heavy atom. The molecule has 4 rings (SSSR count). The molecule has 9 nitrogen and oxygen atoms in total. The fourth-order valence-electron chi connectivity index (χ4n) is 3.86. The average Bonchev–Trinajstić information content (AvgIpc) is 3.35. The summed E-state index contributed by atoms with van der Waals surface area (Å²) in [5.41, 5.74) is 0. The summed E-state index contributed by atoms with van der Waals surface area (Å²) in [6.07, 6.45) is 5.14. The van der Waals surface area contributed by atoms with Gasteiger partial charge in [-0.3, -0.25) is 19.6 Å². The minimum atomic E-state index is -0.276.